The third-order valence-electron chi connectivity index (χ3n) is 4.18. The molecule has 28 heavy (non-hydrogen) atoms. The summed E-state index contributed by atoms with van der Waals surface area (Å²) in [4.78, 5) is 19.0. The molecule has 0 spiro atoms. The molecule has 0 aliphatic carbocycles. The van der Waals surface area contributed by atoms with Gasteiger partial charge in [-0.2, -0.15) is 0 Å². The average Bonchev–Trinajstić information content (AvgIpc) is 3.16. The molecule has 0 fully saturated rings. The van der Waals surface area contributed by atoms with Gasteiger partial charge in [0.25, 0.3) is 5.91 Å². The number of benzene rings is 2. The molecule has 2 heterocycles. The van der Waals surface area contributed by atoms with E-state index >= 15 is 0 Å². The number of nitrogens with zero attached hydrogens (tertiary/aromatic N) is 1. The Labute approximate surface area is 160 Å². The average molecular weight is 393 g/mol. The molecule has 0 unspecified atom stereocenters. The summed E-state index contributed by atoms with van der Waals surface area (Å²) >= 11 is 0. The highest BCUT2D eigenvalue weighted by Crippen LogP contribution is 2.36. The molecule has 0 saturated heterocycles. The Morgan fingerprint density at radius 1 is 1.04 bits per heavy atom. The van der Waals surface area contributed by atoms with Gasteiger partial charge in [-0.05, 0) is 36.4 Å². The summed E-state index contributed by atoms with van der Waals surface area (Å²) in [5.74, 6) is -0.642. The van der Waals surface area contributed by atoms with Crippen LogP contribution in [-0.4, -0.2) is 24.3 Å². The number of carbonyl (C=O) groups excluding carboxylic acids is 1. The second-order valence-corrected chi connectivity index (χ2v) is 7.92. The molecule has 0 atom stereocenters. The predicted molar refractivity (Wildman–Crippen MR) is 103 cm³/mol. The predicted octanol–water partition coefficient (Wildman–Crippen LogP) is 3.29. The second kappa shape index (κ2) is 6.82. The normalized spacial score (nSPS) is 11.4. The lowest BCUT2D eigenvalue weighted by molar-refractivity contribution is 0.0997. The minimum absolute atomic E-state index is 0.0360. The van der Waals surface area contributed by atoms with Gasteiger partial charge in [-0.3, -0.25) is 4.79 Å². The van der Waals surface area contributed by atoms with Crippen LogP contribution in [-0.2, 0) is 9.84 Å². The van der Waals surface area contributed by atoms with Crippen LogP contribution in [0.1, 0.15) is 10.4 Å². The fraction of sp³-hybridized carbons (Fsp3) is 0. The quantitative estimate of drug-likeness (QED) is 0.540. The fourth-order valence-electron chi connectivity index (χ4n) is 2.85. The molecule has 2 aromatic carbocycles. The van der Waals surface area contributed by atoms with Crippen LogP contribution in [0.25, 0.3) is 11.0 Å². The van der Waals surface area contributed by atoms with Crippen LogP contribution >= 0.6 is 0 Å². The first-order valence-electron chi connectivity index (χ1n) is 8.31. The van der Waals surface area contributed by atoms with Crippen LogP contribution in [0.15, 0.2) is 82.8 Å². The Hall–Kier alpha value is -3.65. The third-order valence-corrected chi connectivity index (χ3v) is 5.98. The number of ether oxygens (including phenoxy) is 1. The van der Waals surface area contributed by atoms with Gasteiger partial charge in [0.15, 0.2) is 5.75 Å². The number of fused-ring (bicyclic) bond motifs is 1. The van der Waals surface area contributed by atoms with Crippen LogP contribution in [0.5, 0.6) is 11.5 Å². The van der Waals surface area contributed by atoms with E-state index in [9.17, 15) is 13.2 Å². The Morgan fingerprint density at radius 3 is 2.57 bits per heavy atom. The van der Waals surface area contributed by atoms with Gasteiger partial charge in [0.1, 0.15) is 16.3 Å². The van der Waals surface area contributed by atoms with Crippen molar-refractivity contribution >= 4 is 26.8 Å². The van der Waals surface area contributed by atoms with Crippen LogP contribution in [0.2, 0.25) is 0 Å². The number of carbonyl (C=O) groups is 1. The number of nitrogens with one attached hydrogen (secondary N) is 1. The molecule has 7 nitrogen and oxygen atoms in total. The van der Waals surface area contributed by atoms with Crippen molar-refractivity contribution in [2.75, 3.05) is 0 Å². The lowest BCUT2D eigenvalue weighted by atomic mass is 10.2. The molecular formula is C20H15N3O4S. The molecule has 1 amide bonds. The van der Waals surface area contributed by atoms with Gasteiger partial charge in [-0.1, -0.05) is 24.3 Å². The Balaban J connectivity index is 1.88. The molecule has 140 valence electrons. The summed E-state index contributed by atoms with van der Waals surface area (Å²) < 4.78 is 32.1. The standard InChI is InChI=1S/C20H15N3O4S/c21-19(24)16-7-4-8-17(28(25,26)15-5-2-1-3-6-15)18(16)27-14-11-13-9-10-22-20(13)23-12-14/h1-12H,(H2,21,24)(H,22,23). The van der Waals surface area contributed by atoms with Crippen molar-refractivity contribution in [3.63, 3.8) is 0 Å². The van der Waals surface area contributed by atoms with Crippen LogP contribution in [0.4, 0.5) is 0 Å². The number of hydrogen-bond donors (Lipinski definition) is 2. The Kier molecular flexibility index (Phi) is 4.32. The first-order chi connectivity index (χ1) is 13.5. The number of nitrogens with two attached hydrogens (primary N) is 1. The maximum Gasteiger partial charge on any atom is 0.252 e. The molecule has 0 aliphatic heterocycles. The van der Waals surface area contributed by atoms with E-state index in [0.29, 0.717) is 5.65 Å². The number of pyridine rings is 1. The molecule has 4 aromatic rings. The number of sulfone groups is 1. The number of aromatic amines is 1. The molecule has 0 aliphatic rings. The molecule has 8 heteroatoms. The third kappa shape index (κ3) is 3.10. The van der Waals surface area contributed by atoms with Gasteiger partial charge in [-0.15, -0.1) is 0 Å². The smallest absolute Gasteiger partial charge is 0.252 e. The van der Waals surface area contributed by atoms with Gasteiger partial charge in [-0.25, -0.2) is 13.4 Å². The van der Waals surface area contributed by atoms with E-state index in [1.54, 1.807) is 36.5 Å². The van der Waals surface area contributed by atoms with E-state index in [0.717, 1.165) is 5.39 Å². The van der Waals surface area contributed by atoms with Crippen molar-refractivity contribution < 1.29 is 17.9 Å². The van der Waals surface area contributed by atoms with E-state index in [4.69, 9.17) is 10.5 Å². The summed E-state index contributed by atoms with van der Waals surface area (Å²) in [7, 11) is -3.94. The van der Waals surface area contributed by atoms with Crippen LogP contribution in [0.3, 0.4) is 0 Å². The monoisotopic (exact) mass is 393 g/mol. The minimum Gasteiger partial charge on any atom is -0.453 e. The van der Waals surface area contributed by atoms with Gasteiger partial charge in [0, 0.05) is 11.6 Å². The highest BCUT2D eigenvalue weighted by molar-refractivity contribution is 7.91. The van der Waals surface area contributed by atoms with Crippen molar-refractivity contribution in [2.45, 2.75) is 9.79 Å². The lowest BCUT2D eigenvalue weighted by Gasteiger charge is -2.14. The topological polar surface area (TPSA) is 115 Å². The second-order valence-electron chi connectivity index (χ2n) is 6.00. The Bertz CT molecular complexity index is 1280. The minimum atomic E-state index is -3.94. The summed E-state index contributed by atoms with van der Waals surface area (Å²) in [6.45, 7) is 0. The molecular weight excluding hydrogens is 378 g/mol. The SMILES string of the molecule is NC(=O)c1cccc(S(=O)(=O)c2ccccc2)c1Oc1cnc2[nH]ccc2c1. The van der Waals surface area contributed by atoms with E-state index in [1.165, 1.54) is 36.5 Å². The van der Waals surface area contributed by atoms with Crippen molar-refractivity contribution in [3.05, 3.63) is 78.6 Å². The van der Waals surface area contributed by atoms with Gasteiger partial charge >= 0.3 is 0 Å². The Morgan fingerprint density at radius 2 is 1.82 bits per heavy atom. The number of rotatable bonds is 5. The zero-order chi connectivity index (χ0) is 19.7. The summed E-state index contributed by atoms with van der Waals surface area (Å²) in [6, 6.07) is 15.7. The highest BCUT2D eigenvalue weighted by Gasteiger charge is 2.26. The van der Waals surface area contributed by atoms with E-state index in [-0.39, 0.29) is 26.9 Å². The van der Waals surface area contributed by atoms with Gasteiger partial charge in [0.2, 0.25) is 9.84 Å². The molecule has 4 rings (SSSR count). The maximum atomic E-state index is 13.1. The van der Waals surface area contributed by atoms with E-state index in [2.05, 4.69) is 9.97 Å². The van der Waals surface area contributed by atoms with Crippen LogP contribution < -0.4 is 10.5 Å². The fourth-order valence-corrected chi connectivity index (χ4v) is 4.27. The van der Waals surface area contributed by atoms with Crippen molar-refractivity contribution in [1.82, 2.24) is 9.97 Å². The van der Waals surface area contributed by atoms with Crippen molar-refractivity contribution in [1.29, 1.82) is 0 Å². The summed E-state index contributed by atoms with van der Waals surface area (Å²) in [5.41, 5.74) is 6.08. The van der Waals surface area contributed by atoms with Crippen molar-refractivity contribution in [3.8, 4) is 11.5 Å². The van der Waals surface area contributed by atoms with Crippen molar-refractivity contribution in [2.24, 2.45) is 5.73 Å². The highest BCUT2D eigenvalue weighted by atomic mass is 32.2. The zero-order valence-corrected chi connectivity index (χ0v) is 15.3. The largest absolute Gasteiger partial charge is 0.453 e. The molecule has 0 bridgehead atoms. The number of primary amides is 1. The zero-order valence-electron chi connectivity index (χ0n) is 14.5. The molecule has 2 aromatic heterocycles. The number of hydrogen-bond acceptors (Lipinski definition) is 5. The lowest BCUT2D eigenvalue weighted by Crippen LogP contribution is -2.14. The summed E-state index contributed by atoms with van der Waals surface area (Å²) in [5, 5.41) is 0.779. The number of aromatic nitrogens is 2. The first kappa shape index (κ1) is 17.7. The van der Waals surface area contributed by atoms with Gasteiger partial charge in [0.05, 0.1) is 16.7 Å². The van der Waals surface area contributed by atoms with Crippen LogP contribution in [0, 0.1) is 0 Å². The number of amides is 1. The summed E-state index contributed by atoms with van der Waals surface area (Å²) in [6.07, 6.45) is 3.17. The number of H-pyrrole nitrogens is 1. The molecule has 0 radical (unpaired) electrons. The molecule has 0 saturated carbocycles. The van der Waals surface area contributed by atoms with Gasteiger partial charge < -0.3 is 15.5 Å². The molecule has 3 N–H and O–H groups in total. The van der Waals surface area contributed by atoms with E-state index < -0.39 is 15.7 Å². The number of para-hydroxylation sites is 1. The van der Waals surface area contributed by atoms with E-state index in [1.807, 2.05) is 0 Å². The maximum absolute atomic E-state index is 13.1. The first-order valence-corrected chi connectivity index (χ1v) is 9.79.